The minimum Gasteiger partial charge on any atom is -0.476 e. The normalized spacial score (nSPS) is 18.9. The van der Waals surface area contributed by atoms with E-state index in [1.165, 1.54) is 36.2 Å². The molecule has 4 nitrogen and oxygen atoms in total. The lowest BCUT2D eigenvalue weighted by molar-refractivity contribution is 0.0690. The first-order valence-electron chi connectivity index (χ1n) is 7.78. The average Bonchev–Trinajstić information content (AvgIpc) is 2.98. The predicted octanol–water partition coefficient (Wildman–Crippen LogP) is 4.20. The summed E-state index contributed by atoms with van der Waals surface area (Å²) in [6.07, 6.45) is 4.67. The van der Waals surface area contributed by atoms with Gasteiger partial charge in [-0.1, -0.05) is 34.5 Å². The number of carboxylic acid groups (broad SMARTS) is 1. The molecule has 23 heavy (non-hydrogen) atoms. The maximum Gasteiger partial charge on any atom is 0.355 e. The zero-order chi connectivity index (χ0) is 16.2. The first-order chi connectivity index (χ1) is 11.1. The Morgan fingerprint density at radius 3 is 3.04 bits per heavy atom. The van der Waals surface area contributed by atoms with Crippen molar-refractivity contribution in [3.63, 3.8) is 0 Å². The summed E-state index contributed by atoms with van der Waals surface area (Å²) in [5.41, 5.74) is 1.49. The minimum atomic E-state index is -0.947. The zero-order valence-corrected chi connectivity index (χ0v) is 15.1. The Kier molecular flexibility index (Phi) is 5.46. The van der Waals surface area contributed by atoms with Gasteiger partial charge in [-0.25, -0.2) is 9.78 Å². The second-order valence-corrected chi connectivity index (χ2v) is 7.74. The van der Waals surface area contributed by atoms with Crippen molar-refractivity contribution in [3.05, 3.63) is 50.4 Å². The average molecular weight is 395 g/mol. The van der Waals surface area contributed by atoms with Crippen LogP contribution in [0.4, 0.5) is 0 Å². The zero-order valence-electron chi connectivity index (χ0n) is 12.7. The summed E-state index contributed by atoms with van der Waals surface area (Å²) in [5.74, 6) is -0.947. The Morgan fingerprint density at radius 1 is 1.43 bits per heavy atom. The highest BCUT2D eigenvalue weighted by Gasteiger charge is 2.24. The second kappa shape index (κ2) is 7.55. The molecule has 6 heteroatoms. The van der Waals surface area contributed by atoms with Gasteiger partial charge in [-0.15, -0.1) is 11.3 Å². The van der Waals surface area contributed by atoms with Crippen LogP contribution in [0.1, 0.15) is 40.3 Å². The van der Waals surface area contributed by atoms with E-state index in [0.29, 0.717) is 6.04 Å². The topological polar surface area (TPSA) is 53.4 Å². The van der Waals surface area contributed by atoms with E-state index in [0.717, 1.165) is 29.0 Å². The Bertz CT molecular complexity index is 689. The van der Waals surface area contributed by atoms with Crippen molar-refractivity contribution in [1.29, 1.82) is 0 Å². The van der Waals surface area contributed by atoms with Crippen LogP contribution in [-0.4, -0.2) is 33.5 Å². The molecule has 1 saturated heterocycles. The number of aromatic nitrogens is 1. The molecule has 1 unspecified atom stereocenters. The molecule has 0 spiro atoms. The number of likely N-dealkylation sites (tertiary alicyclic amines) is 1. The molecular weight excluding hydrogens is 376 g/mol. The van der Waals surface area contributed by atoms with Gasteiger partial charge in [0.15, 0.2) is 5.69 Å². The van der Waals surface area contributed by atoms with E-state index in [2.05, 4.69) is 44.0 Å². The second-order valence-electron chi connectivity index (χ2n) is 5.89. The molecule has 0 amide bonds. The summed E-state index contributed by atoms with van der Waals surface area (Å²) in [4.78, 5) is 17.7. The van der Waals surface area contributed by atoms with Crippen LogP contribution >= 0.6 is 27.3 Å². The number of rotatable bonds is 5. The molecule has 1 fully saturated rings. The summed E-state index contributed by atoms with van der Waals surface area (Å²) in [6.45, 7) is 1.80. The number of nitrogens with zero attached hydrogens (tertiary/aromatic N) is 2. The Balaban J connectivity index is 1.69. The maximum atomic E-state index is 11.0. The fraction of sp³-hybridized carbons (Fsp3) is 0.412. The standard InChI is InChI=1S/C17H19BrN2O2S/c18-13-5-3-4-12(8-13)9-14-6-1-2-7-20(14)10-16-19-15(11-23-16)17(21)22/h3-5,8,11,14H,1-2,6-7,9-10H2,(H,21,22). The molecule has 1 aromatic carbocycles. The van der Waals surface area contributed by atoms with Gasteiger partial charge in [0.25, 0.3) is 0 Å². The van der Waals surface area contributed by atoms with Gasteiger partial charge in [0.05, 0.1) is 6.54 Å². The largest absolute Gasteiger partial charge is 0.476 e. The Labute approximate surface area is 148 Å². The summed E-state index contributed by atoms with van der Waals surface area (Å²) in [7, 11) is 0. The smallest absolute Gasteiger partial charge is 0.355 e. The molecule has 1 aromatic heterocycles. The minimum absolute atomic E-state index is 0.158. The van der Waals surface area contributed by atoms with Crippen LogP contribution < -0.4 is 0 Å². The van der Waals surface area contributed by atoms with Crippen LogP contribution in [0.3, 0.4) is 0 Å². The SMILES string of the molecule is O=C(O)c1csc(CN2CCCCC2Cc2cccc(Br)c2)n1. The number of benzene rings is 1. The van der Waals surface area contributed by atoms with Crippen molar-refractivity contribution in [2.75, 3.05) is 6.54 Å². The third-order valence-electron chi connectivity index (χ3n) is 4.22. The molecule has 0 radical (unpaired) electrons. The van der Waals surface area contributed by atoms with E-state index < -0.39 is 5.97 Å². The molecule has 0 saturated carbocycles. The number of halogens is 1. The highest BCUT2D eigenvalue weighted by Crippen LogP contribution is 2.25. The molecule has 3 rings (SSSR count). The van der Waals surface area contributed by atoms with E-state index in [1.807, 2.05) is 6.07 Å². The van der Waals surface area contributed by atoms with Crippen LogP contribution in [-0.2, 0) is 13.0 Å². The summed E-state index contributed by atoms with van der Waals surface area (Å²) in [6, 6.07) is 8.97. The molecule has 2 aromatic rings. The quantitative estimate of drug-likeness (QED) is 0.825. The van der Waals surface area contributed by atoms with Gasteiger partial charge in [0.1, 0.15) is 5.01 Å². The van der Waals surface area contributed by atoms with Crippen LogP contribution in [0.25, 0.3) is 0 Å². The number of aromatic carboxylic acids is 1. The summed E-state index contributed by atoms with van der Waals surface area (Å²) < 4.78 is 1.11. The molecule has 0 bridgehead atoms. The fourth-order valence-electron chi connectivity index (χ4n) is 3.09. The van der Waals surface area contributed by atoms with Crippen molar-refractivity contribution in [1.82, 2.24) is 9.88 Å². The van der Waals surface area contributed by atoms with Gasteiger partial charge < -0.3 is 5.11 Å². The number of hydrogen-bond acceptors (Lipinski definition) is 4. The molecular formula is C17H19BrN2O2S. The first kappa shape index (κ1) is 16.6. The lowest BCUT2D eigenvalue weighted by atomic mass is 9.95. The van der Waals surface area contributed by atoms with Gasteiger partial charge in [0.2, 0.25) is 0 Å². The highest BCUT2D eigenvalue weighted by molar-refractivity contribution is 9.10. The molecule has 1 aliphatic heterocycles. The van der Waals surface area contributed by atoms with E-state index in [9.17, 15) is 4.79 Å². The molecule has 122 valence electrons. The Hall–Kier alpha value is -1.24. The maximum absolute atomic E-state index is 11.0. The van der Waals surface area contributed by atoms with E-state index in [1.54, 1.807) is 5.38 Å². The van der Waals surface area contributed by atoms with Crippen LogP contribution in [0.15, 0.2) is 34.1 Å². The molecule has 1 N–H and O–H groups in total. The molecule has 1 atom stereocenters. The van der Waals surface area contributed by atoms with Crippen LogP contribution in [0.2, 0.25) is 0 Å². The molecule has 0 aliphatic carbocycles. The van der Waals surface area contributed by atoms with Gasteiger partial charge in [-0.05, 0) is 43.5 Å². The molecule has 2 heterocycles. The van der Waals surface area contributed by atoms with Crippen LogP contribution in [0.5, 0.6) is 0 Å². The van der Waals surface area contributed by atoms with Crippen molar-refractivity contribution >= 4 is 33.2 Å². The molecule has 1 aliphatic rings. The van der Waals surface area contributed by atoms with E-state index in [4.69, 9.17) is 5.11 Å². The van der Waals surface area contributed by atoms with Crippen molar-refractivity contribution in [2.45, 2.75) is 38.3 Å². The van der Waals surface area contributed by atoms with Crippen LogP contribution in [0, 0.1) is 0 Å². The van der Waals surface area contributed by atoms with Gasteiger partial charge in [-0.2, -0.15) is 0 Å². The van der Waals surface area contributed by atoms with Crippen molar-refractivity contribution in [2.24, 2.45) is 0 Å². The number of hydrogen-bond donors (Lipinski definition) is 1. The third kappa shape index (κ3) is 4.40. The predicted molar refractivity (Wildman–Crippen MR) is 95.0 cm³/mol. The van der Waals surface area contributed by atoms with E-state index >= 15 is 0 Å². The van der Waals surface area contributed by atoms with Gasteiger partial charge in [-0.3, -0.25) is 4.90 Å². The van der Waals surface area contributed by atoms with Crippen molar-refractivity contribution in [3.8, 4) is 0 Å². The summed E-state index contributed by atoms with van der Waals surface area (Å²) >= 11 is 4.98. The monoisotopic (exact) mass is 394 g/mol. The van der Waals surface area contributed by atoms with Crippen molar-refractivity contribution < 1.29 is 9.90 Å². The number of piperidine rings is 1. The lowest BCUT2D eigenvalue weighted by Crippen LogP contribution is -2.40. The number of thiazole rings is 1. The number of carbonyl (C=O) groups is 1. The first-order valence-corrected chi connectivity index (χ1v) is 9.45. The lowest BCUT2D eigenvalue weighted by Gasteiger charge is -2.35. The van der Waals surface area contributed by atoms with Gasteiger partial charge in [0, 0.05) is 15.9 Å². The van der Waals surface area contributed by atoms with E-state index in [-0.39, 0.29) is 5.69 Å². The van der Waals surface area contributed by atoms with Gasteiger partial charge >= 0.3 is 5.97 Å². The number of carboxylic acids is 1. The fourth-order valence-corrected chi connectivity index (χ4v) is 4.33. The Morgan fingerprint density at radius 2 is 2.30 bits per heavy atom. The summed E-state index contributed by atoms with van der Waals surface area (Å²) in [5, 5.41) is 11.5. The highest BCUT2D eigenvalue weighted by atomic mass is 79.9. The third-order valence-corrected chi connectivity index (χ3v) is 5.55.